The van der Waals surface area contributed by atoms with E-state index in [0.29, 0.717) is 0 Å². The molecule has 0 spiro atoms. The Labute approximate surface area is 82.2 Å². The molecule has 0 aliphatic heterocycles. The highest BCUT2D eigenvalue weighted by Crippen LogP contribution is 2.33. The minimum atomic E-state index is 0.908. The fourth-order valence-corrected chi connectivity index (χ4v) is 2.83. The highest BCUT2D eigenvalue weighted by molar-refractivity contribution is 7.18. The van der Waals surface area contributed by atoms with Gasteiger partial charge in [-0.25, -0.2) is 0 Å². The maximum Gasteiger partial charge on any atom is 0.0577 e. The number of hydrogen-bond donors (Lipinski definition) is 1. The molecule has 0 saturated heterocycles. The Hall–Kier alpha value is -1.02. The van der Waals surface area contributed by atoms with Crippen LogP contribution in [0.15, 0.2) is 17.5 Å². The summed E-state index contributed by atoms with van der Waals surface area (Å²) in [6, 6.07) is 4.09. The van der Waals surface area contributed by atoms with E-state index < -0.39 is 0 Å². The fraction of sp³-hybridized carbons (Fsp3) is 0.273. The summed E-state index contributed by atoms with van der Waals surface area (Å²) < 4.78 is 1.25. The molecule has 0 bridgehead atoms. The number of benzene rings is 1. The molecular weight excluding hydrogens is 178 g/mol. The molecule has 0 amide bonds. The molecule has 13 heavy (non-hydrogen) atoms. The van der Waals surface area contributed by atoms with E-state index >= 15 is 0 Å². The summed E-state index contributed by atoms with van der Waals surface area (Å²) >= 11 is 1.75. The van der Waals surface area contributed by atoms with Crippen LogP contribution in [-0.4, -0.2) is 0 Å². The monoisotopic (exact) mass is 191 g/mol. The number of nitrogens with two attached hydrogens (primary N) is 1. The van der Waals surface area contributed by atoms with Crippen molar-refractivity contribution in [2.75, 3.05) is 5.73 Å². The summed E-state index contributed by atoms with van der Waals surface area (Å²) in [5.41, 5.74) is 9.57. The number of hydrogen-bond acceptors (Lipinski definition) is 2. The maximum absolute atomic E-state index is 5.90. The standard InChI is InChI=1S/C11H13NS/c1-3-8-6-13-11-9(12)5-4-7(2)10(8)11/h4-6H,3,12H2,1-2H3. The maximum atomic E-state index is 5.90. The topological polar surface area (TPSA) is 26.0 Å². The lowest BCUT2D eigenvalue weighted by molar-refractivity contribution is 1.17. The quantitative estimate of drug-likeness (QED) is 0.687. The first-order valence-electron chi connectivity index (χ1n) is 4.49. The molecule has 0 saturated carbocycles. The van der Waals surface area contributed by atoms with Crippen LogP contribution in [0, 0.1) is 6.92 Å². The first-order chi connectivity index (χ1) is 6.24. The van der Waals surface area contributed by atoms with Crippen LogP contribution in [0.3, 0.4) is 0 Å². The van der Waals surface area contributed by atoms with Crippen molar-refractivity contribution in [3.05, 3.63) is 28.6 Å². The summed E-state index contributed by atoms with van der Waals surface area (Å²) in [7, 11) is 0. The van der Waals surface area contributed by atoms with Gasteiger partial charge in [-0.1, -0.05) is 13.0 Å². The van der Waals surface area contributed by atoms with E-state index in [-0.39, 0.29) is 0 Å². The van der Waals surface area contributed by atoms with Crippen molar-refractivity contribution in [2.45, 2.75) is 20.3 Å². The number of thiophene rings is 1. The van der Waals surface area contributed by atoms with Crippen LogP contribution >= 0.6 is 11.3 Å². The Balaban J connectivity index is 2.87. The van der Waals surface area contributed by atoms with Gasteiger partial charge in [-0.15, -0.1) is 11.3 Å². The zero-order valence-corrected chi connectivity index (χ0v) is 8.74. The lowest BCUT2D eigenvalue weighted by Gasteiger charge is -2.01. The van der Waals surface area contributed by atoms with E-state index in [9.17, 15) is 0 Å². The Kier molecular flexibility index (Phi) is 2.00. The van der Waals surface area contributed by atoms with Crippen molar-refractivity contribution in [1.29, 1.82) is 0 Å². The van der Waals surface area contributed by atoms with Crippen LogP contribution in [0.4, 0.5) is 5.69 Å². The van der Waals surface area contributed by atoms with Gasteiger partial charge in [0.25, 0.3) is 0 Å². The molecule has 0 aliphatic carbocycles. The van der Waals surface area contributed by atoms with Crippen molar-refractivity contribution in [1.82, 2.24) is 0 Å². The molecule has 2 heteroatoms. The van der Waals surface area contributed by atoms with Crippen LogP contribution in [-0.2, 0) is 6.42 Å². The summed E-state index contributed by atoms with van der Waals surface area (Å²) in [5, 5.41) is 3.58. The van der Waals surface area contributed by atoms with Gasteiger partial charge in [0.15, 0.2) is 0 Å². The van der Waals surface area contributed by atoms with Gasteiger partial charge in [0.05, 0.1) is 4.70 Å². The van der Waals surface area contributed by atoms with E-state index in [1.165, 1.54) is 21.2 Å². The molecule has 0 atom stereocenters. The molecule has 1 aromatic heterocycles. The molecule has 2 N–H and O–H groups in total. The third-order valence-corrected chi connectivity index (χ3v) is 3.50. The number of rotatable bonds is 1. The lowest BCUT2D eigenvalue weighted by atomic mass is 10.1. The average molecular weight is 191 g/mol. The van der Waals surface area contributed by atoms with E-state index in [0.717, 1.165) is 12.1 Å². The van der Waals surface area contributed by atoms with Crippen molar-refractivity contribution in [2.24, 2.45) is 0 Å². The third-order valence-electron chi connectivity index (χ3n) is 2.42. The molecule has 0 aliphatic rings. The Morgan fingerprint density at radius 1 is 1.38 bits per heavy atom. The Morgan fingerprint density at radius 3 is 2.85 bits per heavy atom. The molecule has 2 rings (SSSR count). The number of nitrogen functional groups attached to an aromatic ring is 1. The first-order valence-corrected chi connectivity index (χ1v) is 5.37. The molecule has 0 radical (unpaired) electrons. The third kappa shape index (κ3) is 1.22. The largest absolute Gasteiger partial charge is 0.398 e. The van der Waals surface area contributed by atoms with Gasteiger partial charge in [0, 0.05) is 11.1 Å². The summed E-state index contributed by atoms with van der Waals surface area (Å²) in [4.78, 5) is 0. The molecule has 68 valence electrons. The van der Waals surface area contributed by atoms with Crippen molar-refractivity contribution in [3.8, 4) is 0 Å². The second kappa shape index (κ2) is 3.04. The first kappa shape index (κ1) is 8.57. The van der Waals surface area contributed by atoms with Gasteiger partial charge in [0.1, 0.15) is 0 Å². The van der Waals surface area contributed by atoms with Gasteiger partial charge in [-0.3, -0.25) is 0 Å². The summed E-state index contributed by atoms with van der Waals surface area (Å²) in [6.07, 6.45) is 1.09. The zero-order chi connectivity index (χ0) is 9.42. The molecule has 0 unspecified atom stereocenters. The van der Waals surface area contributed by atoms with E-state index in [4.69, 9.17) is 5.73 Å². The molecular formula is C11H13NS. The van der Waals surface area contributed by atoms with Crippen LogP contribution < -0.4 is 5.73 Å². The van der Waals surface area contributed by atoms with Gasteiger partial charge in [-0.05, 0) is 35.9 Å². The number of anilines is 1. The Bertz CT molecular complexity index is 443. The predicted molar refractivity (Wildman–Crippen MR) is 60.4 cm³/mol. The summed E-state index contributed by atoms with van der Waals surface area (Å²) in [5.74, 6) is 0. The predicted octanol–water partition coefficient (Wildman–Crippen LogP) is 3.35. The van der Waals surface area contributed by atoms with Crippen LogP contribution in [0.1, 0.15) is 18.1 Å². The molecule has 2 aromatic rings. The Morgan fingerprint density at radius 2 is 2.15 bits per heavy atom. The second-order valence-corrected chi connectivity index (χ2v) is 4.17. The normalized spacial score (nSPS) is 10.9. The van der Waals surface area contributed by atoms with Crippen molar-refractivity contribution < 1.29 is 0 Å². The fourth-order valence-electron chi connectivity index (χ4n) is 1.67. The molecule has 1 nitrogen and oxygen atoms in total. The van der Waals surface area contributed by atoms with Gasteiger partial charge < -0.3 is 5.73 Å². The second-order valence-electron chi connectivity index (χ2n) is 3.29. The smallest absolute Gasteiger partial charge is 0.0577 e. The van der Waals surface area contributed by atoms with Gasteiger partial charge in [-0.2, -0.15) is 0 Å². The van der Waals surface area contributed by atoms with Crippen LogP contribution in [0.2, 0.25) is 0 Å². The van der Waals surface area contributed by atoms with E-state index in [2.05, 4.69) is 25.3 Å². The number of fused-ring (bicyclic) bond motifs is 1. The SMILES string of the molecule is CCc1csc2c(N)ccc(C)c12. The zero-order valence-electron chi connectivity index (χ0n) is 7.92. The average Bonchev–Trinajstić information content (AvgIpc) is 2.56. The summed E-state index contributed by atoms with van der Waals surface area (Å²) in [6.45, 7) is 4.33. The minimum Gasteiger partial charge on any atom is -0.398 e. The molecule has 0 fully saturated rings. The molecule has 1 heterocycles. The van der Waals surface area contributed by atoms with Gasteiger partial charge >= 0.3 is 0 Å². The van der Waals surface area contributed by atoms with E-state index in [1.54, 1.807) is 11.3 Å². The van der Waals surface area contributed by atoms with Crippen LogP contribution in [0.25, 0.3) is 10.1 Å². The van der Waals surface area contributed by atoms with Crippen molar-refractivity contribution in [3.63, 3.8) is 0 Å². The van der Waals surface area contributed by atoms with E-state index in [1.807, 2.05) is 6.07 Å². The van der Waals surface area contributed by atoms with Crippen LogP contribution in [0.5, 0.6) is 0 Å². The number of aryl methyl sites for hydroxylation is 2. The molecule has 1 aromatic carbocycles. The lowest BCUT2D eigenvalue weighted by Crippen LogP contribution is -1.87. The highest BCUT2D eigenvalue weighted by Gasteiger charge is 2.07. The van der Waals surface area contributed by atoms with Gasteiger partial charge in [0.2, 0.25) is 0 Å². The highest BCUT2D eigenvalue weighted by atomic mass is 32.1. The minimum absolute atomic E-state index is 0.908. The van der Waals surface area contributed by atoms with Crippen molar-refractivity contribution >= 4 is 27.1 Å².